The lowest BCUT2D eigenvalue weighted by atomic mass is 9.91. The average Bonchev–Trinajstić information content (AvgIpc) is 3.22. The third kappa shape index (κ3) is 3.86. The molecule has 0 heterocycles. The van der Waals surface area contributed by atoms with Gasteiger partial charge in [-0.05, 0) is 36.7 Å². The molecule has 18 heavy (non-hydrogen) atoms. The first-order chi connectivity index (χ1) is 8.81. The van der Waals surface area contributed by atoms with E-state index < -0.39 is 0 Å². The SMILES string of the molecule is CCCCNC(=O)CC(c1ccccc1)C1CC1. The largest absolute Gasteiger partial charge is 0.356 e. The van der Waals surface area contributed by atoms with E-state index in [4.69, 9.17) is 0 Å². The minimum atomic E-state index is 0.212. The van der Waals surface area contributed by atoms with Crippen molar-refractivity contribution in [1.29, 1.82) is 0 Å². The maximum Gasteiger partial charge on any atom is 0.220 e. The Morgan fingerprint density at radius 2 is 2.06 bits per heavy atom. The van der Waals surface area contributed by atoms with Gasteiger partial charge in [0.1, 0.15) is 0 Å². The lowest BCUT2D eigenvalue weighted by molar-refractivity contribution is -0.121. The van der Waals surface area contributed by atoms with Crippen LogP contribution in [-0.4, -0.2) is 12.5 Å². The lowest BCUT2D eigenvalue weighted by Crippen LogP contribution is -2.26. The predicted octanol–water partition coefficient (Wildman–Crippen LogP) is 3.49. The first kappa shape index (κ1) is 13.1. The van der Waals surface area contributed by atoms with E-state index in [1.165, 1.54) is 18.4 Å². The zero-order valence-corrected chi connectivity index (χ0v) is 11.2. The van der Waals surface area contributed by atoms with Gasteiger partial charge in [-0.25, -0.2) is 0 Å². The summed E-state index contributed by atoms with van der Waals surface area (Å²) in [4.78, 5) is 11.9. The maximum atomic E-state index is 11.9. The van der Waals surface area contributed by atoms with Crippen LogP contribution < -0.4 is 5.32 Å². The number of hydrogen-bond acceptors (Lipinski definition) is 1. The van der Waals surface area contributed by atoms with Crippen LogP contribution in [0.2, 0.25) is 0 Å². The van der Waals surface area contributed by atoms with Gasteiger partial charge in [0.05, 0.1) is 0 Å². The molecule has 1 saturated carbocycles. The quantitative estimate of drug-likeness (QED) is 0.732. The molecular weight excluding hydrogens is 222 g/mol. The highest BCUT2D eigenvalue weighted by Crippen LogP contribution is 2.44. The van der Waals surface area contributed by atoms with Crippen LogP contribution in [-0.2, 0) is 4.79 Å². The summed E-state index contributed by atoms with van der Waals surface area (Å²) < 4.78 is 0. The van der Waals surface area contributed by atoms with Gasteiger partial charge in [0, 0.05) is 13.0 Å². The van der Waals surface area contributed by atoms with Gasteiger partial charge in [0.15, 0.2) is 0 Å². The Labute approximate surface area is 110 Å². The van der Waals surface area contributed by atoms with E-state index in [1.54, 1.807) is 0 Å². The van der Waals surface area contributed by atoms with Crippen LogP contribution in [0.3, 0.4) is 0 Å². The first-order valence-corrected chi connectivity index (χ1v) is 7.13. The maximum absolute atomic E-state index is 11.9. The molecular formula is C16H23NO. The summed E-state index contributed by atoms with van der Waals surface area (Å²) in [5, 5.41) is 3.03. The highest BCUT2D eigenvalue weighted by Gasteiger charge is 2.33. The van der Waals surface area contributed by atoms with E-state index >= 15 is 0 Å². The van der Waals surface area contributed by atoms with Crippen molar-refractivity contribution in [1.82, 2.24) is 5.32 Å². The Balaban J connectivity index is 1.89. The van der Waals surface area contributed by atoms with Crippen LogP contribution in [0.25, 0.3) is 0 Å². The zero-order chi connectivity index (χ0) is 12.8. The molecule has 1 aliphatic carbocycles. The molecule has 2 heteroatoms. The van der Waals surface area contributed by atoms with Crippen molar-refractivity contribution in [2.24, 2.45) is 5.92 Å². The summed E-state index contributed by atoms with van der Waals surface area (Å²) in [6, 6.07) is 10.5. The molecule has 0 spiro atoms. The van der Waals surface area contributed by atoms with E-state index in [9.17, 15) is 4.79 Å². The van der Waals surface area contributed by atoms with Crippen LogP contribution in [0.4, 0.5) is 0 Å². The van der Waals surface area contributed by atoms with Crippen molar-refractivity contribution in [3.8, 4) is 0 Å². The van der Waals surface area contributed by atoms with Crippen molar-refractivity contribution in [3.05, 3.63) is 35.9 Å². The van der Waals surface area contributed by atoms with Gasteiger partial charge < -0.3 is 5.32 Å². The Morgan fingerprint density at radius 1 is 1.33 bits per heavy atom. The van der Waals surface area contributed by atoms with Gasteiger partial charge in [-0.2, -0.15) is 0 Å². The molecule has 1 amide bonds. The second kappa shape index (κ2) is 6.58. The summed E-state index contributed by atoms with van der Waals surface area (Å²) in [5.74, 6) is 1.36. The molecule has 0 radical (unpaired) electrons. The number of rotatable bonds is 7. The molecule has 98 valence electrons. The standard InChI is InChI=1S/C16H23NO/c1-2-3-11-17-16(18)12-15(14-9-10-14)13-7-5-4-6-8-13/h4-8,14-15H,2-3,9-12H2,1H3,(H,17,18). The molecule has 0 saturated heterocycles. The van der Waals surface area contributed by atoms with E-state index in [2.05, 4.69) is 36.5 Å². The second-order valence-electron chi connectivity index (χ2n) is 5.26. The van der Waals surface area contributed by atoms with Gasteiger partial charge in [0.2, 0.25) is 5.91 Å². The van der Waals surface area contributed by atoms with Crippen LogP contribution in [0, 0.1) is 5.92 Å². The van der Waals surface area contributed by atoms with Gasteiger partial charge in [0.25, 0.3) is 0 Å². The van der Waals surface area contributed by atoms with Crippen molar-refractivity contribution in [2.45, 2.75) is 44.9 Å². The minimum absolute atomic E-state index is 0.212. The highest BCUT2D eigenvalue weighted by molar-refractivity contribution is 5.77. The molecule has 1 N–H and O–H groups in total. The molecule has 1 fully saturated rings. The van der Waals surface area contributed by atoms with Gasteiger partial charge in [-0.15, -0.1) is 0 Å². The molecule has 1 atom stereocenters. The second-order valence-corrected chi connectivity index (χ2v) is 5.26. The van der Waals surface area contributed by atoms with Crippen LogP contribution >= 0.6 is 0 Å². The van der Waals surface area contributed by atoms with E-state index in [-0.39, 0.29) is 5.91 Å². The van der Waals surface area contributed by atoms with Crippen LogP contribution in [0.1, 0.15) is 50.5 Å². The minimum Gasteiger partial charge on any atom is -0.356 e. The average molecular weight is 245 g/mol. The van der Waals surface area contributed by atoms with Crippen LogP contribution in [0.5, 0.6) is 0 Å². The number of hydrogen-bond donors (Lipinski definition) is 1. The summed E-state index contributed by atoms with van der Waals surface area (Å²) in [6.07, 6.45) is 5.41. The Hall–Kier alpha value is -1.31. The van der Waals surface area contributed by atoms with Crippen molar-refractivity contribution in [2.75, 3.05) is 6.54 Å². The molecule has 2 nitrogen and oxygen atoms in total. The van der Waals surface area contributed by atoms with Crippen molar-refractivity contribution in [3.63, 3.8) is 0 Å². The summed E-state index contributed by atoms with van der Waals surface area (Å²) in [5.41, 5.74) is 1.32. The zero-order valence-electron chi connectivity index (χ0n) is 11.2. The smallest absolute Gasteiger partial charge is 0.220 e. The van der Waals surface area contributed by atoms with Gasteiger partial charge in [-0.3, -0.25) is 4.79 Å². The fourth-order valence-electron chi connectivity index (χ4n) is 2.43. The number of carbonyl (C=O) groups is 1. The fraction of sp³-hybridized carbons (Fsp3) is 0.562. The summed E-state index contributed by atoms with van der Waals surface area (Å²) >= 11 is 0. The molecule has 1 unspecified atom stereocenters. The monoisotopic (exact) mass is 245 g/mol. The number of carbonyl (C=O) groups excluding carboxylic acids is 1. The van der Waals surface area contributed by atoms with E-state index in [0.29, 0.717) is 12.3 Å². The van der Waals surface area contributed by atoms with E-state index in [0.717, 1.165) is 25.3 Å². The predicted molar refractivity (Wildman–Crippen MR) is 74.4 cm³/mol. The molecule has 0 aliphatic heterocycles. The van der Waals surface area contributed by atoms with Crippen molar-refractivity contribution >= 4 is 5.91 Å². The highest BCUT2D eigenvalue weighted by atomic mass is 16.1. The molecule has 0 aromatic heterocycles. The fourth-order valence-corrected chi connectivity index (χ4v) is 2.43. The normalized spacial score (nSPS) is 16.3. The van der Waals surface area contributed by atoms with E-state index in [1.807, 2.05) is 6.07 Å². The summed E-state index contributed by atoms with van der Waals surface area (Å²) in [6.45, 7) is 2.96. The molecule has 1 aliphatic rings. The Bertz CT molecular complexity index is 370. The van der Waals surface area contributed by atoms with Crippen LogP contribution in [0.15, 0.2) is 30.3 Å². The first-order valence-electron chi connectivity index (χ1n) is 7.13. The number of amides is 1. The van der Waals surface area contributed by atoms with Gasteiger partial charge in [-0.1, -0.05) is 43.7 Å². The number of nitrogens with one attached hydrogen (secondary N) is 1. The Morgan fingerprint density at radius 3 is 2.67 bits per heavy atom. The Kier molecular flexibility index (Phi) is 4.80. The van der Waals surface area contributed by atoms with Crippen molar-refractivity contribution < 1.29 is 4.79 Å². The molecule has 1 aromatic carbocycles. The third-order valence-electron chi connectivity index (χ3n) is 3.68. The molecule has 2 rings (SSSR count). The molecule has 0 bridgehead atoms. The lowest BCUT2D eigenvalue weighted by Gasteiger charge is -2.16. The third-order valence-corrected chi connectivity index (χ3v) is 3.68. The number of unbranched alkanes of at least 4 members (excludes halogenated alkanes) is 1. The number of benzene rings is 1. The van der Waals surface area contributed by atoms with Gasteiger partial charge >= 0.3 is 0 Å². The topological polar surface area (TPSA) is 29.1 Å². The summed E-state index contributed by atoms with van der Waals surface area (Å²) in [7, 11) is 0. The molecule has 1 aromatic rings.